The maximum absolute atomic E-state index is 5.45. The Morgan fingerprint density at radius 1 is 1.28 bits per heavy atom. The monoisotopic (exact) mass is 249 g/mol. The molecule has 0 aromatic heterocycles. The summed E-state index contributed by atoms with van der Waals surface area (Å²) in [7, 11) is 1.74. The topological polar surface area (TPSA) is 21.3 Å². The van der Waals surface area contributed by atoms with Crippen LogP contribution >= 0.6 is 0 Å². The summed E-state index contributed by atoms with van der Waals surface area (Å²) in [6, 6.07) is 7.04. The van der Waals surface area contributed by atoms with Crippen molar-refractivity contribution in [2.24, 2.45) is 0 Å². The van der Waals surface area contributed by atoms with Crippen molar-refractivity contribution in [1.29, 1.82) is 0 Å². The summed E-state index contributed by atoms with van der Waals surface area (Å²) in [5.41, 5.74) is 2.70. The minimum absolute atomic E-state index is 0.109. The number of nitrogens with one attached hydrogen (secondary N) is 1. The maximum Gasteiger partial charge on any atom is 0.122 e. The second-order valence-electron chi connectivity index (χ2n) is 5.97. The molecule has 1 aromatic carbocycles. The molecular formula is C16H27NO. The SMILES string of the molecule is CCC(C)NCc1ccc(OC)c(C(C)(C)C)c1. The van der Waals surface area contributed by atoms with Crippen molar-refractivity contribution in [1.82, 2.24) is 5.32 Å². The normalized spacial score (nSPS) is 13.4. The van der Waals surface area contributed by atoms with Gasteiger partial charge in [-0.3, -0.25) is 0 Å². The van der Waals surface area contributed by atoms with Crippen LogP contribution in [0, 0.1) is 0 Å². The van der Waals surface area contributed by atoms with Crippen molar-refractivity contribution in [3.05, 3.63) is 29.3 Å². The van der Waals surface area contributed by atoms with E-state index in [1.165, 1.54) is 11.1 Å². The summed E-state index contributed by atoms with van der Waals surface area (Å²) in [6.07, 6.45) is 1.16. The minimum Gasteiger partial charge on any atom is -0.496 e. The summed E-state index contributed by atoms with van der Waals surface area (Å²) in [4.78, 5) is 0. The zero-order valence-corrected chi connectivity index (χ0v) is 12.6. The fraction of sp³-hybridized carbons (Fsp3) is 0.625. The third kappa shape index (κ3) is 4.02. The Balaban J connectivity index is 2.90. The van der Waals surface area contributed by atoms with Gasteiger partial charge in [-0.05, 0) is 36.0 Å². The van der Waals surface area contributed by atoms with E-state index in [2.05, 4.69) is 58.1 Å². The van der Waals surface area contributed by atoms with Crippen molar-refractivity contribution in [3.8, 4) is 5.75 Å². The van der Waals surface area contributed by atoms with E-state index in [-0.39, 0.29) is 5.41 Å². The second kappa shape index (κ2) is 6.24. The van der Waals surface area contributed by atoms with E-state index in [0.717, 1.165) is 18.7 Å². The molecule has 0 aliphatic carbocycles. The molecule has 1 unspecified atom stereocenters. The fourth-order valence-electron chi connectivity index (χ4n) is 1.89. The summed E-state index contributed by atoms with van der Waals surface area (Å²) < 4.78 is 5.45. The van der Waals surface area contributed by atoms with Crippen molar-refractivity contribution in [2.75, 3.05) is 7.11 Å². The molecule has 0 spiro atoms. The van der Waals surface area contributed by atoms with Gasteiger partial charge < -0.3 is 10.1 Å². The predicted octanol–water partition coefficient (Wildman–Crippen LogP) is 3.88. The lowest BCUT2D eigenvalue weighted by Crippen LogP contribution is -2.24. The Morgan fingerprint density at radius 3 is 2.44 bits per heavy atom. The molecule has 0 saturated carbocycles. The highest BCUT2D eigenvalue weighted by Crippen LogP contribution is 2.31. The van der Waals surface area contributed by atoms with Gasteiger partial charge in [-0.1, -0.05) is 39.8 Å². The average Bonchev–Trinajstić information content (AvgIpc) is 2.34. The van der Waals surface area contributed by atoms with Crippen molar-refractivity contribution < 1.29 is 4.74 Å². The van der Waals surface area contributed by atoms with Crippen LogP contribution in [0.25, 0.3) is 0 Å². The van der Waals surface area contributed by atoms with Gasteiger partial charge in [0.1, 0.15) is 5.75 Å². The van der Waals surface area contributed by atoms with Crippen LogP contribution in [0.15, 0.2) is 18.2 Å². The molecule has 0 fully saturated rings. The molecule has 1 rings (SSSR count). The highest BCUT2D eigenvalue weighted by Gasteiger charge is 2.19. The summed E-state index contributed by atoms with van der Waals surface area (Å²) in [5, 5.41) is 3.52. The molecule has 0 bridgehead atoms. The van der Waals surface area contributed by atoms with Gasteiger partial charge in [0, 0.05) is 12.6 Å². The Hall–Kier alpha value is -1.02. The highest BCUT2D eigenvalue weighted by molar-refractivity contribution is 5.41. The van der Waals surface area contributed by atoms with Gasteiger partial charge in [-0.25, -0.2) is 0 Å². The van der Waals surface area contributed by atoms with Gasteiger partial charge in [0.05, 0.1) is 7.11 Å². The quantitative estimate of drug-likeness (QED) is 0.855. The predicted molar refractivity (Wildman–Crippen MR) is 78.3 cm³/mol. The molecule has 1 aromatic rings. The van der Waals surface area contributed by atoms with Crippen LogP contribution in [-0.2, 0) is 12.0 Å². The van der Waals surface area contributed by atoms with E-state index >= 15 is 0 Å². The minimum atomic E-state index is 0.109. The van der Waals surface area contributed by atoms with Gasteiger partial charge in [0.25, 0.3) is 0 Å². The van der Waals surface area contributed by atoms with Gasteiger partial charge in [-0.2, -0.15) is 0 Å². The summed E-state index contributed by atoms with van der Waals surface area (Å²) >= 11 is 0. The van der Waals surface area contributed by atoms with E-state index in [9.17, 15) is 0 Å². The van der Waals surface area contributed by atoms with Crippen LogP contribution in [0.4, 0.5) is 0 Å². The number of benzene rings is 1. The Kier molecular flexibility index (Phi) is 5.21. The van der Waals surface area contributed by atoms with E-state index < -0.39 is 0 Å². The number of methoxy groups -OCH3 is 1. The first-order valence-corrected chi connectivity index (χ1v) is 6.79. The number of ether oxygens (including phenoxy) is 1. The van der Waals surface area contributed by atoms with E-state index in [1.54, 1.807) is 7.11 Å². The zero-order valence-electron chi connectivity index (χ0n) is 12.6. The van der Waals surface area contributed by atoms with E-state index in [1.807, 2.05) is 0 Å². The van der Waals surface area contributed by atoms with Crippen LogP contribution < -0.4 is 10.1 Å². The standard InChI is InChI=1S/C16H27NO/c1-7-12(2)17-11-13-8-9-15(18-6)14(10-13)16(3,4)5/h8-10,12,17H,7,11H2,1-6H3. The van der Waals surface area contributed by atoms with Crippen molar-refractivity contribution in [3.63, 3.8) is 0 Å². The molecule has 1 N–H and O–H groups in total. The Morgan fingerprint density at radius 2 is 1.94 bits per heavy atom. The first kappa shape index (κ1) is 15.0. The van der Waals surface area contributed by atoms with Crippen LogP contribution in [0.2, 0.25) is 0 Å². The molecule has 0 aliphatic heterocycles. The molecule has 2 nitrogen and oxygen atoms in total. The maximum atomic E-state index is 5.45. The first-order valence-electron chi connectivity index (χ1n) is 6.79. The Bertz CT molecular complexity index is 379. The molecule has 0 heterocycles. The van der Waals surface area contributed by atoms with Crippen molar-refractivity contribution in [2.45, 2.75) is 59.0 Å². The van der Waals surface area contributed by atoms with Gasteiger partial charge in [0.15, 0.2) is 0 Å². The molecule has 0 radical (unpaired) electrons. The lowest BCUT2D eigenvalue weighted by atomic mass is 9.85. The fourth-order valence-corrected chi connectivity index (χ4v) is 1.89. The van der Waals surface area contributed by atoms with E-state index in [4.69, 9.17) is 4.74 Å². The molecule has 1 atom stereocenters. The third-order valence-electron chi connectivity index (χ3n) is 3.34. The van der Waals surface area contributed by atoms with Crippen LogP contribution in [0.3, 0.4) is 0 Å². The Labute approximate surface area is 112 Å². The van der Waals surface area contributed by atoms with E-state index in [0.29, 0.717) is 6.04 Å². The smallest absolute Gasteiger partial charge is 0.122 e. The highest BCUT2D eigenvalue weighted by atomic mass is 16.5. The molecule has 0 saturated heterocycles. The number of rotatable bonds is 5. The lowest BCUT2D eigenvalue weighted by Gasteiger charge is -2.23. The summed E-state index contributed by atoms with van der Waals surface area (Å²) in [6.45, 7) is 12.0. The molecule has 0 amide bonds. The van der Waals surface area contributed by atoms with Crippen LogP contribution in [0.1, 0.15) is 52.2 Å². The first-order chi connectivity index (χ1) is 8.38. The number of hydrogen-bond donors (Lipinski definition) is 1. The molecule has 2 heteroatoms. The third-order valence-corrected chi connectivity index (χ3v) is 3.34. The van der Waals surface area contributed by atoms with Gasteiger partial charge in [-0.15, -0.1) is 0 Å². The van der Waals surface area contributed by atoms with Gasteiger partial charge in [0.2, 0.25) is 0 Å². The summed E-state index contributed by atoms with van der Waals surface area (Å²) in [5.74, 6) is 0.981. The molecular weight excluding hydrogens is 222 g/mol. The molecule has 18 heavy (non-hydrogen) atoms. The molecule has 0 aliphatic rings. The van der Waals surface area contributed by atoms with Crippen LogP contribution in [0.5, 0.6) is 5.75 Å². The number of hydrogen-bond acceptors (Lipinski definition) is 2. The zero-order chi connectivity index (χ0) is 13.8. The second-order valence-corrected chi connectivity index (χ2v) is 5.97. The lowest BCUT2D eigenvalue weighted by molar-refractivity contribution is 0.397. The largest absolute Gasteiger partial charge is 0.496 e. The van der Waals surface area contributed by atoms with Crippen LogP contribution in [-0.4, -0.2) is 13.2 Å². The van der Waals surface area contributed by atoms with Crippen molar-refractivity contribution >= 4 is 0 Å². The molecule has 102 valence electrons. The average molecular weight is 249 g/mol. The van der Waals surface area contributed by atoms with Gasteiger partial charge >= 0.3 is 0 Å².